The molecule has 0 amide bonds. The molecule has 0 fully saturated rings. The van der Waals surface area contributed by atoms with Crippen molar-refractivity contribution in [2.45, 2.75) is 6.92 Å². The molecule has 0 atom stereocenters. The van der Waals surface area contributed by atoms with E-state index in [4.69, 9.17) is 0 Å². The van der Waals surface area contributed by atoms with Gasteiger partial charge in [0.2, 0.25) is 0 Å². The fourth-order valence-corrected chi connectivity index (χ4v) is 1.52. The Hall–Kier alpha value is -2.42. The minimum Gasteiger partial charge on any atom is -0.279 e. The van der Waals surface area contributed by atoms with Crippen molar-refractivity contribution >= 4 is 11.2 Å². The molecule has 6 nitrogen and oxygen atoms in total. The van der Waals surface area contributed by atoms with Crippen molar-refractivity contribution in [2.24, 2.45) is 14.1 Å². The molecule has 0 N–H and O–H groups in total. The first-order valence-electron chi connectivity index (χ1n) is 4.91. The summed E-state index contributed by atoms with van der Waals surface area (Å²) in [5.41, 5.74) is -0.0631. The highest BCUT2D eigenvalue weighted by atomic mass is 16.2. The average Bonchev–Trinajstić information content (AvgIpc) is 2.34. The molecule has 6 heteroatoms. The summed E-state index contributed by atoms with van der Waals surface area (Å²) in [5.74, 6) is 5.40. The summed E-state index contributed by atoms with van der Waals surface area (Å²) in [6, 6.07) is 0. The Morgan fingerprint density at radius 2 is 1.94 bits per heavy atom. The van der Waals surface area contributed by atoms with Crippen LogP contribution in [0, 0.1) is 11.8 Å². The van der Waals surface area contributed by atoms with Gasteiger partial charge in [-0.2, -0.15) is 0 Å². The van der Waals surface area contributed by atoms with Crippen molar-refractivity contribution in [3.8, 4) is 11.8 Å². The summed E-state index contributed by atoms with van der Waals surface area (Å²) >= 11 is 0. The minimum atomic E-state index is -0.463. The maximum Gasteiger partial charge on any atom is 0.332 e. The van der Waals surface area contributed by atoms with E-state index >= 15 is 0 Å². The maximum atomic E-state index is 11.9. The van der Waals surface area contributed by atoms with Crippen LogP contribution in [0.5, 0.6) is 0 Å². The Labute approximate surface area is 96.6 Å². The molecule has 17 heavy (non-hydrogen) atoms. The normalized spacial score (nSPS) is 10.1. The molecule has 86 valence electrons. The van der Waals surface area contributed by atoms with Gasteiger partial charge in [-0.3, -0.25) is 13.9 Å². The van der Waals surface area contributed by atoms with Crippen LogP contribution in [-0.2, 0) is 14.1 Å². The second-order valence-corrected chi connectivity index (χ2v) is 3.51. The lowest BCUT2D eigenvalue weighted by Crippen LogP contribution is -2.37. The van der Waals surface area contributed by atoms with Crippen LogP contribution in [0.3, 0.4) is 0 Å². The van der Waals surface area contributed by atoms with E-state index in [-0.39, 0.29) is 11.2 Å². The van der Waals surface area contributed by atoms with Crippen LogP contribution in [0.4, 0.5) is 0 Å². The summed E-state index contributed by atoms with van der Waals surface area (Å²) in [4.78, 5) is 31.6. The molecule has 0 aliphatic rings. The topological polar surface area (TPSA) is 69.8 Å². The van der Waals surface area contributed by atoms with E-state index in [9.17, 15) is 9.59 Å². The van der Waals surface area contributed by atoms with Crippen LogP contribution in [-0.4, -0.2) is 19.1 Å². The largest absolute Gasteiger partial charge is 0.332 e. The fraction of sp³-hybridized carbons (Fsp3) is 0.273. The van der Waals surface area contributed by atoms with Gasteiger partial charge in [-0.1, -0.05) is 5.92 Å². The van der Waals surface area contributed by atoms with Gasteiger partial charge in [0.15, 0.2) is 11.2 Å². The highest BCUT2D eigenvalue weighted by Gasteiger charge is 2.10. The van der Waals surface area contributed by atoms with Crippen molar-refractivity contribution in [2.75, 3.05) is 0 Å². The van der Waals surface area contributed by atoms with Crippen molar-refractivity contribution in [3.05, 3.63) is 32.7 Å². The molecule has 0 aliphatic carbocycles. The molecule has 2 aromatic rings. The van der Waals surface area contributed by atoms with Gasteiger partial charge in [0, 0.05) is 14.1 Å². The van der Waals surface area contributed by atoms with Gasteiger partial charge >= 0.3 is 5.69 Å². The lowest BCUT2D eigenvalue weighted by molar-refractivity contribution is 0.704. The molecule has 2 rings (SSSR count). The Kier molecular flexibility index (Phi) is 2.52. The van der Waals surface area contributed by atoms with Crippen molar-refractivity contribution in [3.63, 3.8) is 0 Å². The van der Waals surface area contributed by atoms with E-state index in [1.165, 1.54) is 17.8 Å². The molecule has 0 bridgehead atoms. The monoisotopic (exact) mass is 230 g/mol. The number of aryl methyl sites for hydroxylation is 1. The summed E-state index contributed by atoms with van der Waals surface area (Å²) in [7, 11) is 2.95. The third-order valence-electron chi connectivity index (χ3n) is 2.41. The zero-order chi connectivity index (χ0) is 12.6. The fourth-order valence-electron chi connectivity index (χ4n) is 1.52. The van der Waals surface area contributed by atoms with Gasteiger partial charge in [0.05, 0.1) is 6.20 Å². The van der Waals surface area contributed by atoms with Crippen LogP contribution in [0.25, 0.3) is 11.2 Å². The number of fused-ring (bicyclic) bond motifs is 1. The zero-order valence-electron chi connectivity index (χ0n) is 9.68. The number of hydrogen-bond donors (Lipinski definition) is 0. The minimum absolute atomic E-state index is 0.148. The van der Waals surface area contributed by atoms with Gasteiger partial charge in [-0.05, 0) is 12.8 Å². The Morgan fingerprint density at radius 1 is 1.24 bits per heavy atom. The molecule has 2 heterocycles. The van der Waals surface area contributed by atoms with Gasteiger partial charge in [-0.25, -0.2) is 14.8 Å². The Morgan fingerprint density at radius 3 is 2.59 bits per heavy atom. The number of aromatic nitrogens is 4. The molecule has 0 saturated heterocycles. The van der Waals surface area contributed by atoms with Crippen LogP contribution < -0.4 is 11.2 Å². The van der Waals surface area contributed by atoms with Crippen molar-refractivity contribution in [1.29, 1.82) is 0 Å². The average molecular weight is 230 g/mol. The number of hydrogen-bond acceptors (Lipinski definition) is 4. The zero-order valence-corrected chi connectivity index (χ0v) is 9.68. The first-order valence-corrected chi connectivity index (χ1v) is 4.91. The predicted molar refractivity (Wildman–Crippen MR) is 62.6 cm³/mol. The molecule has 0 aliphatic heterocycles. The molecule has 0 aromatic carbocycles. The van der Waals surface area contributed by atoms with E-state index in [1.54, 1.807) is 14.0 Å². The Balaban J connectivity index is 3.00. The molecule has 2 aromatic heterocycles. The molecular formula is C11H10N4O2. The first-order chi connectivity index (χ1) is 8.06. The van der Waals surface area contributed by atoms with Gasteiger partial charge < -0.3 is 0 Å². The summed E-state index contributed by atoms with van der Waals surface area (Å²) in [6.07, 6.45) is 1.44. The van der Waals surface area contributed by atoms with E-state index in [0.717, 1.165) is 4.57 Å². The molecule has 0 spiro atoms. The maximum absolute atomic E-state index is 11.9. The van der Waals surface area contributed by atoms with E-state index in [0.29, 0.717) is 5.69 Å². The summed E-state index contributed by atoms with van der Waals surface area (Å²) in [5, 5.41) is 0. The lowest BCUT2D eigenvalue weighted by Gasteiger charge is -2.05. The second-order valence-electron chi connectivity index (χ2n) is 3.51. The summed E-state index contributed by atoms with van der Waals surface area (Å²) in [6.45, 7) is 1.67. The van der Waals surface area contributed by atoms with Crippen LogP contribution in [0.2, 0.25) is 0 Å². The Bertz CT molecular complexity index is 774. The van der Waals surface area contributed by atoms with Crippen LogP contribution in [0.15, 0.2) is 15.8 Å². The first kappa shape index (κ1) is 11.1. The molecule has 0 radical (unpaired) electrons. The third-order valence-corrected chi connectivity index (χ3v) is 2.41. The highest BCUT2D eigenvalue weighted by molar-refractivity contribution is 5.69. The van der Waals surface area contributed by atoms with E-state index in [1.807, 2.05) is 0 Å². The molecular weight excluding hydrogens is 220 g/mol. The van der Waals surface area contributed by atoms with Gasteiger partial charge in [-0.15, -0.1) is 0 Å². The SMILES string of the molecule is CC#Cc1cnc2c(n1)c(=O)n(C)c(=O)n2C. The van der Waals surface area contributed by atoms with E-state index in [2.05, 4.69) is 21.8 Å². The van der Waals surface area contributed by atoms with Crippen LogP contribution in [0.1, 0.15) is 12.6 Å². The molecule has 0 unspecified atom stereocenters. The number of nitrogens with zero attached hydrogens (tertiary/aromatic N) is 4. The lowest BCUT2D eigenvalue weighted by atomic mass is 10.4. The second kappa shape index (κ2) is 3.87. The van der Waals surface area contributed by atoms with E-state index < -0.39 is 11.2 Å². The van der Waals surface area contributed by atoms with Crippen molar-refractivity contribution < 1.29 is 0 Å². The third kappa shape index (κ3) is 1.61. The summed E-state index contributed by atoms with van der Waals surface area (Å²) < 4.78 is 2.28. The standard InChI is InChI=1S/C11H10N4O2/c1-4-5-7-6-12-9-8(13-7)10(16)15(3)11(17)14(9)2/h6H,1-3H3. The number of rotatable bonds is 0. The van der Waals surface area contributed by atoms with Crippen LogP contribution >= 0.6 is 0 Å². The quantitative estimate of drug-likeness (QED) is 0.566. The van der Waals surface area contributed by atoms with Gasteiger partial charge in [0.1, 0.15) is 5.69 Å². The smallest absolute Gasteiger partial charge is 0.279 e. The van der Waals surface area contributed by atoms with Gasteiger partial charge in [0.25, 0.3) is 5.56 Å². The predicted octanol–water partition coefficient (Wildman–Crippen LogP) is -0.601. The van der Waals surface area contributed by atoms with Crippen molar-refractivity contribution in [1.82, 2.24) is 19.1 Å². The molecule has 0 saturated carbocycles. The highest BCUT2D eigenvalue weighted by Crippen LogP contribution is 2.00.